The second-order valence-electron chi connectivity index (χ2n) is 29.2. The fourth-order valence-corrected chi connectivity index (χ4v) is 13.1. The van der Waals surface area contributed by atoms with Gasteiger partial charge in [-0.3, -0.25) is 4.79 Å². The molecule has 0 aromatic rings. The lowest BCUT2D eigenvalue weighted by Gasteiger charge is -2.46. The van der Waals surface area contributed by atoms with Crippen LogP contribution in [0.1, 0.15) is 328 Å². The van der Waals surface area contributed by atoms with Gasteiger partial charge in [0.2, 0.25) is 5.91 Å². The summed E-state index contributed by atoms with van der Waals surface area (Å²) in [5.74, 6) is -0.257. The van der Waals surface area contributed by atoms with Crippen LogP contribution in [0.3, 0.4) is 0 Å². The third-order valence-corrected chi connectivity index (χ3v) is 19.7. The maximum Gasteiger partial charge on any atom is 0.220 e. The van der Waals surface area contributed by atoms with Crippen LogP contribution in [-0.2, 0) is 23.7 Å². The van der Waals surface area contributed by atoms with Gasteiger partial charge in [-0.05, 0) is 116 Å². The maximum atomic E-state index is 13.4. The third kappa shape index (κ3) is 55.0. The van der Waals surface area contributed by atoms with Gasteiger partial charge in [0, 0.05) is 6.42 Å². The number of unbranched alkanes of at least 4 members (excludes halogenated alkanes) is 35. The number of carbonyl (C=O) groups is 1. The summed E-state index contributed by atoms with van der Waals surface area (Å²) in [5, 5.41) is 87.7. The lowest BCUT2D eigenvalue weighted by Crippen LogP contribution is -2.65. The molecule has 0 saturated carbocycles. The Morgan fingerprint density at radius 2 is 0.667 bits per heavy atom. The third-order valence-electron chi connectivity index (χ3n) is 19.7. The van der Waals surface area contributed by atoms with E-state index in [2.05, 4.69) is 153 Å². The lowest BCUT2D eigenvalue weighted by molar-refractivity contribution is -0.359. The number of hydrogen-bond donors (Lipinski definition) is 9. The summed E-state index contributed by atoms with van der Waals surface area (Å²) in [4.78, 5) is 13.4. The first-order valence-electron chi connectivity index (χ1n) is 42.6. The topological polar surface area (TPSA) is 228 Å². The molecule has 0 radical (unpaired) electrons. The number of rotatable bonds is 70. The Bertz CT molecular complexity index is 2330. The van der Waals surface area contributed by atoms with Crippen molar-refractivity contribution >= 4 is 5.91 Å². The number of aliphatic hydroxyl groups excluding tert-OH is 8. The molecule has 9 N–H and O–H groups in total. The van der Waals surface area contributed by atoms with E-state index in [-0.39, 0.29) is 18.9 Å². The van der Waals surface area contributed by atoms with E-state index < -0.39 is 86.8 Å². The number of ether oxygens (including phenoxy) is 4. The van der Waals surface area contributed by atoms with Crippen LogP contribution in [0.25, 0.3) is 0 Å². The van der Waals surface area contributed by atoms with Crippen molar-refractivity contribution in [3.63, 3.8) is 0 Å². The summed E-state index contributed by atoms with van der Waals surface area (Å²) in [5.41, 5.74) is 0. The van der Waals surface area contributed by atoms with Crippen LogP contribution in [0.15, 0.2) is 146 Å². The number of nitrogens with one attached hydrogen (secondary N) is 1. The van der Waals surface area contributed by atoms with Crippen molar-refractivity contribution in [2.24, 2.45) is 0 Å². The molecule has 2 aliphatic heterocycles. The van der Waals surface area contributed by atoms with Crippen molar-refractivity contribution < 1.29 is 64.6 Å². The Balaban J connectivity index is 1.62. The van der Waals surface area contributed by atoms with Gasteiger partial charge < -0.3 is 65.1 Å². The highest BCUT2D eigenvalue weighted by atomic mass is 16.7. The molecule has 602 valence electrons. The summed E-state index contributed by atoms with van der Waals surface area (Å²) in [6.45, 7) is 2.69. The van der Waals surface area contributed by atoms with Crippen LogP contribution >= 0.6 is 0 Å². The van der Waals surface area contributed by atoms with Crippen molar-refractivity contribution in [3.05, 3.63) is 146 Å². The molecule has 2 fully saturated rings. The van der Waals surface area contributed by atoms with Crippen LogP contribution < -0.4 is 5.32 Å². The van der Waals surface area contributed by atoms with Gasteiger partial charge in [-0.25, -0.2) is 0 Å². The van der Waals surface area contributed by atoms with Gasteiger partial charge >= 0.3 is 0 Å². The van der Waals surface area contributed by atoms with Gasteiger partial charge in [0.05, 0.1) is 32.0 Å². The fraction of sp³-hybridized carbons (Fsp3) is 0.725. The molecule has 12 unspecified atom stereocenters. The number of amides is 1. The highest BCUT2D eigenvalue weighted by Crippen LogP contribution is 2.30. The van der Waals surface area contributed by atoms with E-state index in [1.54, 1.807) is 6.08 Å². The van der Waals surface area contributed by atoms with Gasteiger partial charge in [-0.2, -0.15) is 0 Å². The Labute approximate surface area is 640 Å². The maximum absolute atomic E-state index is 13.4. The fourth-order valence-electron chi connectivity index (χ4n) is 13.1. The number of carbonyl (C=O) groups excluding carboxylic acids is 1. The van der Waals surface area contributed by atoms with E-state index >= 15 is 0 Å². The summed E-state index contributed by atoms with van der Waals surface area (Å²) in [6, 6.07) is -0.950. The summed E-state index contributed by atoms with van der Waals surface area (Å²) >= 11 is 0. The standard InChI is InChI=1S/C91H155NO13/c1-3-5-7-9-11-13-15-17-19-21-23-25-27-29-31-33-35-36-37-38-39-40-41-42-43-44-45-47-49-51-53-55-57-59-61-63-65-67-69-71-73-75-83(96)92-79(78-102-90-88(101)86(99)89(82(77-94)104-90)105-91-87(100)85(98)84(97)81(76-93)103-91)80(95)74-72-70-68-66-64-62-60-58-56-54-52-50-48-46-34-32-30-28-26-24-22-20-18-16-14-12-10-8-6-4-2/h5,7,11,13,17,19,23,25,29,31,35-36,38-39,41-42,44-45,56,58,64,66,72,74,79-82,84-91,93-95,97-101H,3-4,6,8-10,12,14-16,18,20-22,24,26-28,30,32-34,37,40,43,46-55,57,59-63,65,67-71,73,75-78H2,1-2H3,(H,92,96)/b7-5-,13-11-,19-17-,25-23-,31-29-,36-35-,39-38-,42-41-,45-44-,58-56+,66-64+,74-72+. The second-order valence-corrected chi connectivity index (χ2v) is 29.2. The molecule has 14 nitrogen and oxygen atoms in total. The van der Waals surface area contributed by atoms with E-state index in [0.29, 0.717) is 12.8 Å². The van der Waals surface area contributed by atoms with Crippen molar-refractivity contribution in [1.29, 1.82) is 0 Å². The van der Waals surface area contributed by atoms with Crippen molar-refractivity contribution in [2.75, 3.05) is 19.8 Å². The monoisotopic (exact) mass is 1470 g/mol. The Morgan fingerprint density at radius 1 is 0.352 bits per heavy atom. The number of aliphatic hydroxyl groups is 8. The van der Waals surface area contributed by atoms with E-state index in [4.69, 9.17) is 18.9 Å². The first-order valence-corrected chi connectivity index (χ1v) is 42.6. The molecule has 14 heteroatoms. The van der Waals surface area contributed by atoms with E-state index in [1.807, 2.05) is 6.08 Å². The molecule has 2 rings (SSSR count). The smallest absolute Gasteiger partial charge is 0.220 e. The molecule has 2 aliphatic rings. The minimum absolute atomic E-state index is 0.257. The molecule has 12 atom stereocenters. The average molecular weight is 1470 g/mol. The SMILES string of the molecule is CC/C=C\C/C=C\C/C=C\C/C=C\C/C=C\C/C=C\C/C=C\C/C=C\C/C=C\CCCCCCCCCCCCCCCC(=O)NC(COC1OC(CO)C(OC2OC(CO)C(O)C(O)C2O)C(O)C1O)C(O)/C=C/CC/C=C/CC/C=C/CCCCCCCCCCCCCCCCCCCCCC. The lowest BCUT2D eigenvalue weighted by atomic mass is 9.97. The molecule has 0 aromatic heterocycles. The zero-order chi connectivity index (χ0) is 75.8. The van der Waals surface area contributed by atoms with Crippen LogP contribution in [0.4, 0.5) is 0 Å². The van der Waals surface area contributed by atoms with Crippen LogP contribution in [0, 0.1) is 0 Å². The number of hydrogen-bond acceptors (Lipinski definition) is 13. The predicted octanol–water partition coefficient (Wildman–Crippen LogP) is 20.3. The molecular formula is C91H155NO13. The zero-order valence-corrected chi connectivity index (χ0v) is 66.2. The minimum Gasteiger partial charge on any atom is -0.394 e. The largest absolute Gasteiger partial charge is 0.394 e. The zero-order valence-electron chi connectivity index (χ0n) is 66.2. The van der Waals surface area contributed by atoms with Gasteiger partial charge in [0.25, 0.3) is 0 Å². The van der Waals surface area contributed by atoms with E-state index in [0.717, 1.165) is 109 Å². The average Bonchev–Trinajstić information content (AvgIpc) is 0.769. The van der Waals surface area contributed by atoms with E-state index in [9.17, 15) is 45.6 Å². The van der Waals surface area contributed by atoms with Gasteiger partial charge in [-0.1, -0.05) is 352 Å². The summed E-state index contributed by atoms with van der Waals surface area (Å²) in [7, 11) is 0. The molecule has 2 saturated heterocycles. The number of allylic oxidation sites excluding steroid dienone is 23. The minimum atomic E-state index is -1.80. The van der Waals surface area contributed by atoms with Crippen LogP contribution in [0.5, 0.6) is 0 Å². The van der Waals surface area contributed by atoms with Crippen LogP contribution in [-0.4, -0.2) is 140 Å². The van der Waals surface area contributed by atoms with Crippen molar-refractivity contribution in [2.45, 2.75) is 402 Å². The Morgan fingerprint density at radius 3 is 1.05 bits per heavy atom. The van der Waals surface area contributed by atoms with Gasteiger partial charge in [0.1, 0.15) is 48.8 Å². The van der Waals surface area contributed by atoms with Crippen molar-refractivity contribution in [1.82, 2.24) is 5.32 Å². The normalized spacial score (nSPS) is 22.2. The predicted molar refractivity (Wildman–Crippen MR) is 438 cm³/mol. The first-order chi connectivity index (χ1) is 51.6. The molecule has 0 spiro atoms. The second kappa shape index (κ2) is 72.7. The molecular weight excluding hydrogens is 1310 g/mol. The molecule has 2 heterocycles. The quantitative estimate of drug-likeness (QED) is 0.0204. The molecule has 0 bridgehead atoms. The van der Waals surface area contributed by atoms with Crippen LogP contribution in [0.2, 0.25) is 0 Å². The molecule has 105 heavy (non-hydrogen) atoms. The Kier molecular flexibility index (Phi) is 67.1. The molecule has 0 aromatic carbocycles. The first kappa shape index (κ1) is 96.9. The Hall–Kier alpha value is -4.13. The van der Waals surface area contributed by atoms with Crippen molar-refractivity contribution in [3.8, 4) is 0 Å². The van der Waals surface area contributed by atoms with Gasteiger partial charge in [-0.15, -0.1) is 0 Å². The highest BCUT2D eigenvalue weighted by molar-refractivity contribution is 5.76. The van der Waals surface area contributed by atoms with E-state index in [1.165, 1.54) is 186 Å². The summed E-state index contributed by atoms with van der Waals surface area (Å²) in [6.07, 6.45) is 93.6. The molecule has 0 aliphatic carbocycles. The van der Waals surface area contributed by atoms with Gasteiger partial charge in [0.15, 0.2) is 12.6 Å². The summed E-state index contributed by atoms with van der Waals surface area (Å²) < 4.78 is 22.9. The molecule has 1 amide bonds. The highest BCUT2D eigenvalue weighted by Gasteiger charge is 2.51.